The lowest BCUT2D eigenvalue weighted by atomic mass is 10.2. The summed E-state index contributed by atoms with van der Waals surface area (Å²) in [6, 6.07) is 18.8. The summed E-state index contributed by atoms with van der Waals surface area (Å²) in [4.78, 5) is 23.9. The first kappa shape index (κ1) is 15.8. The lowest BCUT2D eigenvalue weighted by Gasteiger charge is -2.05. The molecular weight excluding hydrogens is 328 g/mol. The predicted octanol–water partition coefficient (Wildman–Crippen LogP) is 3.67. The van der Waals surface area contributed by atoms with Crippen LogP contribution in [0.3, 0.4) is 0 Å². The number of furan rings is 1. The standard InChI is InChI=1S/C18H13ClN2O3/c19-14-8-6-12(7-9-14)15-10-11-16(24-15)18(23)21-20-17(22)13-4-2-1-3-5-13/h1-11H,(H,20,22)(H,21,23). The van der Waals surface area contributed by atoms with E-state index in [9.17, 15) is 9.59 Å². The van der Waals surface area contributed by atoms with Crippen molar-refractivity contribution in [3.8, 4) is 11.3 Å². The van der Waals surface area contributed by atoms with Gasteiger partial charge in [-0.25, -0.2) is 0 Å². The number of carbonyl (C=O) groups excluding carboxylic acids is 2. The van der Waals surface area contributed by atoms with Crippen LogP contribution in [-0.2, 0) is 0 Å². The van der Waals surface area contributed by atoms with E-state index in [-0.39, 0.29) is 5.76 Å². The summed E-state index contributed by atoms with van der Waals surface area (Å²) in [5, 5.41) is 0.617. The molecule has 6 heteroatoms. The highest BCUT2D eigenvalue weighted by atomic mass is 35.5. The fraction of sp³-hybridized carbons (Fsp3) is 0. The molecule has 0 unspecified atom stereocenters. The summed E-state index contributed by atoms with van der Waals surface area (Å²) in [7, 11) is 0. The molecule has 3 rings (SSSR count). The number of rotatable bonds is 3. The van der Waals surface area contributed by atoms with Gasteiger partial charge in [-0.15, -0.1) is 0 Å². The van der Waals surface area contributed by atoms with Crippen LogP contribution in [0.25, 0.3) is 11.3 Å². The molecule has 2 N–H and O–H groups in total. The molecule has 24 heavy (non-hydrogen) atoms. The van der Waals surface area contributed by atoms with Crippen LogP contribution in [0.4, 0.5) is 0 Å². The van der Waals surface area contributed by atoms with Crippen molar-refractivity contribution in [2.45, 2.75) is 0 Å². The van der Waals surface area contributed by atoms with Crippen LogP contribution in [-0.4, -0.2) is 11.8 Å². The second-order valence-electron chi connectivity index (χ2n) is 4.95. The van der Waals surface area contributed by atoms with E-state index in [1.165, 1.54) is 6.07 Å². The van der Waals surface area contributed by atoms with E-state index >= 15 is 0 Å². The molecule has 1 heterocycles. The molecule has 3 aromatic rings. The van der Waals surface area contributed by atoms with E-state index in [1.54, 1.807) is 60.7 Å². The molecule has 2 aromatic carbocycles. The number of hydrogen-bond donors (Lipinski definition) is 2. The Labute approximate surface area is 143 Å². The van der Waals surface area contributed by atoms with Crippen LogP contribution in [0.2, 0.25) is 5.02 Å². The quantitative estimate of drug-likeness (QED) is 0.714. The Bertz CT molecular complexity index is 857. The van der Waals surface area contributed by atoms with E-state index in [1.807, 2.05) is 0 Å². The Morgan fingerprint density at radius 2 is 1.46 bits per heavy atom. The smallest absolute Gasteiger partial charge is 0.305 e. The van der Waals surface area contributed by atoms with Crippen molar-refractivity contribution < 1.29 is 14.0 Å². The molecule has 0 atom stereocenters. The van der Waals surface area contributed by atoms with Gasteiger partial charge in [0, 0.05) is 16.1 Å². The molecule has 5 nitrogen and oxygen atoms in total. The third-order valence-corrected chi connectivity index (χ3v) is 3.54. The third kappa shape index (κ3) is 3.64. The SMILES string of the molecule is O=C(NNC(=O)c1ccc(-c2ccc(Cl)cc2)o1)c1ccccc1. The van der Waals surface area contributed by atoms with Crippen molar-refractivity contribution in [2.24, 2.45) is 0 Å². The number of hydrazine groups is 1. The Morgan fingerprint density at radius 3 is 2.17 bits per heavy atom. The molecule has 0 fully saturated rings. The molecular formula is C18H13ClN2O3. The number of amides is 2. The van der Waals surface area contributed by atoms with Crippen LogP contribution in [0.5, 0.6) is 0 Å². The van der Waals surface area contributed by atoms with Gasteiger partial charge in [-0.05, 0) is 48.5 Å². The Balaban J connectivity index is 1.64. The molecule has 2 amide bonds. The van der Waals surface area contributed by atoms with Gasteiger partial charge in [0.2, 0.25) is 0 Å². The molecule has 0 radical (unpaired) electrons. The van der Waals surface area contributed by atoms with Crippen molar-refractivity contribution in [1.82, 2.24) is 10.9 Å². The first-order chi connectivity index (χ1) is 11.6. The van der Waals surface area contributed by atoms with E-state index < -0.39 is 11.8 Å². The normalized spacial score (nSPS) is 10.2. The fourth-order valence-electron chi connectivity index (χ4n) is 2.07. The monoisotopic (exact) mass is 340 g/mol. The minimum atomic E-state index is -0.542. The van der Waals surface area contributed by atoms with Crippen LogP contribution in [0.1, 0.15) is 20.9 Å². The van der Waals surface area contributed by atoms with Crippen molar-refractivity contribution in [3.63, 3.8) is 0 Å². The van der Waals surface area contributed by atoms with Crippen molar-refractivity contribution in [1.29, 1.82) is 0 Å². The molecule has 0 aliphatic heterocycles. The van der Waals surface area contributed by atoms with Crippen LogP contribution < -0.4 is 10.9 Å². The first-order valence-electron chi connectivity index (χ1n) is 7.15. The van der Waals surface area contributed by atoms with Gasteiger partial charge >= 0.3 is 5.91 Å². The molecule has 120 valence electrons. The lowest BCUT2D eigenvalue weighted by Crippen LogP contribution is -2.41. The van der Waals surface area contributed by atoms with Crippen molar-refractivity contribution in [2.75, 3.05) is 0 Å². The largest absolute Gasteiger partial charge is 0.451 e. The number of carbonyl (C=O) groups is 2. The molecule has 1 aromatic heterocycles. The Morgan fingerprint density at radius 1 is 0.792 bits per heavy atom. The number of benzene rings is 2. The summed E-state index contributed by atoms with van der Waals surface area (Å²) in [5.41, 5.74) is 5.90. The maximum atomic E-state index is 12.0. The minimum Gasteiger partial charge on any atom is -0.451 e. The second kappa shape index (κ2) is 7.02. The molecule has 0 saturated carbocycles. The van der Waals surface area contributed by atoms with E-state index in [4.69, 9.17) is 16.0 Å². The summed E-state index contributed by atoms with van der Waals surface area (Å²) in [5.74, 6) is -0.326. The average molecular weight is 341 g/mol. The summed E-state index contributed by atoms with van der Waals surface area (Å²) < 4.78 is 5.50. The van der Waals surface area contributed by atoms with Gasteiger partial charge in [0.25, 0.3) is 5.91 Å². The topological polar surface area (TPSA) is 71.3 Å². The lowest BCUT2D eigenvalue weighted by molar-refractivity contribution is 0.0831. The molecule has 0 bridgehead atoms. The van der Waals surface area contributed by atoms with Crippen molar-refractivity contribution >= 4 is 23.4 Å². The molecule has 0 aliphatic rings. The first-order valence-corrected chi connectivity index (χ1v) is 7.53. The maximum Gasteiger partial charge on any atom is 0.305 e. The predicted molar refractivity (Wildman–Crippen MR) is 90.5 cm³/mol. The highest BCUT2D eigenvalue weighted by molar-refractivity contribution is 6.30. The zero-order valence-corrected chi connectivity index (χ0v) is 13.2. The van der Waals surface area contributed by atoms with Gasteiger partial charge in [-0.3, -0.25) is 20.4 Å². The number of nitrogens with one attached hydrogen (secondary N) is 2. The minimum absolute atomic E-state index is 0.0910. The van der Waals surface area contributed by atoms with Crippen LogP contribution >= 0.6 is 11.6 Å². The molecule has 0 aliphatic carbocycles. The Hall–Kier alpha value is -3.05. The summed E-state index contributed by atoms with van der Waals surface area (Å²) >= 11 is 5.84. The van der Waals surface area contributed by atoms with Gasteiger partial charge in [-0.2, -0.15) is 0 Å². The fourth-order valence-corrected chi connectivity index (χ4v) is 2.19. The summed E-state index contributed by atoms with van der Waals surface area (Å²) in [6.45, 7) is 0. The zero-order chi connectivity index (χ0) is 16.9. The second-order valence-corrected chi connectivity index (χ2v) is 5.38. The summed E-state index contributed by atoms with van der Waals surface area (Å²) in [6.07, 6.45) is 0. The molecule has 0 saturated heterocycles. The van der Waals surface area contributed by atoms with Gasteiger partial charge in [-0.1, -0.05) is 29.8 Å². The van der Waals surface area contributed by atoms with Crippen LogP contribution in [0.15, 0.2) is 71.1 Å². The van der Waals surface area contributed by atoms with Gasteiger partial charge in [0.1, 0.15) is 5.76 Å². The van der Waals surface area contributed by atoms with Gasteiger partial charge in [0.05, 0.1) is 0 Å². The van der Waals surface area contributed by atoms with Crippen molar-refractivity contribution in [3.05, 3.63) is 83.1 Å². The Kier molecular flexibility index (Phi) is 4.63. The highest BCUT2D eigenvalue weighted by Crippen LogP contribution is 2.23. The number of halogens is 1. The number of hydrogen-bond acceptors (Lipinski definition) is 3. The zero-order valence-electron chi connectivity index (χ0n) is 12.5. The van der Waals surface area contributed by atoms with E-state index in [0.29, 0.717) is 16.3 Å². The molecule has 0 spiro atoms. The maximum absolute atomic E-state index is 12.0. The third-order valence-electron chi connectivity index (χ3n) is 3.28. The highest BCUT2D eigenvalue weighted by Gasteiger charge is 2.13. The van der Waals surface area contributed by atoms with Gasteiger partial charge < -0.3 is 4.42 Å². The van der Waals surface area contributed by atoms with E-state index in [0.717, 1.165) is 5.56 Å². The van der Waals surface area contributed by atoms with E-state index in [2.05, 4.69) is 10.9 Å². The average Bonchev–Trinajstić information content (AvgIpc) is 3.11. The van der Waals surface area contributed by atoms with Gasteiger partial charge in [0.15, 0.2) is 5.76 Å². The van der Waals surface area contributed by atoms with Crippen LogP contribution in [0, 0.1) is 0 Å².